The van der Waals surface area contributed by atoms with Gasteiger partial charge >= 0.3 is 0 Å². The van der Waals surface area contributed by atoms with Crippen molar-refractivity contribution in [1.29, 1.82) is 0 Å². The van der Waals surface area contributed by atoms with E-state index in [1.54, 1.807) is 24.3 Å². The van der Waals surface area contributed by atoms with Gasteiger partial charge in [0.15, 0.2) is 0 Å². The first kappa shape index (κ1) is 24.0. The third kappa shape index (κ3) is 4.50. The number of ether oxygens (including phenoxy) is 1. The van der Waals surface area contributed by atoms with E-state index >= 15 is 0 Å². The number of aromatic hydroxyl groups is 3. The lowest BCUT2D eigenvalue weighted by molar-refractivity contribution is 0.458. The summed E-state index contributed by atoms with van der Waals surface area (Å²) in [6, 6.07) is 18.0. The van der Waals surface area contributed by atoms with Crippen LogP contribution in [0.2, 0.25) is 0 Å². The maximum absolute atomic E-state index is 11.0. The zero-order valence-corrected chi connectivity index (χ0v) is 21.0. The van der Waals surface area contributed by atoms with Gasteiger partial charge in [-0.25, -0.2) is 0 Å². The second-order valence-electron chi connectivity index (χ2n) is 9.09. The highest BCUT2D eigenvalue weighted by molar-refractivity contribution is 5.87. The number of nitrogens with zero attached hydrogens (tertiary/aromatic N) is 1. The molecular formula is C30H31NO4. The molecule has 0 atom stereocenters. The van der Waals surface area contributed by atoms with Crippen molar-refractivity contribution >= 4 is 17.1 Å². The Morgan fingerprint density at radius 3 is 1.63 bits per heavy atom. The molecule has 0 aliphatic rings. The van der Waals surface area contributed by atoms with Crippen molar-refractivity contribution in [3.63, 3.8) is 0 Å². The zero-order chi connectivity index (χ0) is 25.4. The molecule has 0 fully saturated rings. The molecule has 4 rings (SSSR count). The van der Waals surface area contributed by atoms with Crippen LogP contribution in [0.4, 0.5) is 17.1 Å². The largest absolute Gasteiger partial charge is 0.508 e. The molecule has 4 aromatic carbocycles. The summed E-state index contributed by atoms with van der Waals surface area (Å²) in [5.74, 6) is 1.70. The van der Waals surface area contributed by atoms with E-state index in [0.29, 0.717) is 22.9 Å². The summed E-state index contributed by atoms with van der Waals surface area (Å²) in [5, 5.41) is 31.9. The van der Waals surface area contributed by atoms with Gasteiger partial charge in [-0.05, 0) is 111 Å². The standard InChI is InChI=1S/C30H31NO4/c1-17-10-12-26(33)28(21(17)5)31(29-22(6)18(2)11-13-27(29)34)23-8-7-9-25(16-23)35-30-19(3)14-24(32)15-20(30)4/h7-16,32-34H,1-6H3. The van der Waals surface area contributed by atoms with E-state index in [4.69, 9.17) is 4.74 Å². The Morgan fingerprint density at radius 2 is 1.11 bits per heavy atom. The van der Waals surface area contributed by atoms with Gasteiger partial charge in [-0.2, -0.15) is 0 Å². The summed E-state index contributed by atoms with van der Waals surface area (Å²) in [6.45, 7) is 11.7. The Labute approximate surface area is 206 Å². The van der Waals surface area contributed by atoms with Gasteiger partial charge in [0.05, 0.1) is 17.1 Å². The van der Waals surface area contributed by atoms with E-state index in [1.165, 1.54) is 0 Å². The van der Waals surface area contributed by atoms with E-state index in [2.05, 4.69) is 0 Å². The Balaban J connectivity index is 1.93. The molecule has 0 amide bonds. The lowest BCUT2D eigenvalue weighted by Crippen LogP contribution is -2.14. The first-order valence-electron chi connectivity index (χ1n) is 11.5. The molecule has 3 N–H and O–H groups in total. The number of hydrogen-bond acceptors (Lipinski definition) is 5. The molecule has 0 bridgehead atoms. The zero-order valence-electron chi connectivity index (χ0n) is 21.0. The first-order valence-corrected chi connectivity index (χ1v) is 11.5. The van der Waals surface area contributed by atoms with Crippen molar-refractivity contribution in [2.45, 2.75) is 41.5 Å². The lowest BCUT2D eigenvalue weighted by atomic mass is 10.0. The predicted octanol–water partition coefficient (Wildman–Crippen LogP) is 7.92. The van der Waals surface area contributed by atoms with Gasteiger partial charge in [0, 0.05) is 6.07 Å². The van der Waals surface area contributed by atoms with Crippen LogP contribution in [0.3, 0.4) is 0 Å². The number of phenols is 3. The summed E-state index contributed by atoms with van der Waals surface area (Å²) in [4.78, 5) is 1.89. The molecule has 0 aliphatic heterocycles. The monoisotopic (exact) mass is 469 g/mol. The Morgan fingerprint density at radius 1 is 0.600 bits per heavy atom. The number of aryl methyl sites for hydroxylation is 4. The highest BCUT2D eigenvalue weighted by Crippen LogP contribution is 2.48. The van der Waals surface area contributed by atoms with Crippen molar-refractivity contribution in [2.24, 2.45) is 0 Å². The van der Waals surface area contributed by atoms with E-state index in [-0.39, 0.29) is 17.2 Å². The number of hydrogen-bond donors (Lipinski definition) is 3. The van der Waals surface area contributed by atoms with Crippen LogP contribution in [-0.4, -0.2) is 15.3 Å². The summed E-state index contributed by atoms with van der Waals surface area (Å²) >= 11 is 0. The maximum atomic E-state index is 11.0. The molecular weight excluding hydrogens is 438 g/mol. The molecule has 0 saturated heterocycles. The van der Waals surface area contributed by atoms with Gasteiger partial charge < -0.3 is 25.0 Å². The second kappa shape index (κ2) is 9.26. The van der Waals surface area contributed by atoms with Crippen molar-refractivity contribution in [2.75, 3.05) is 4.90 Å². The first-order chi connectivity index (χ1) is 16.6. The fourth-order valence-electron chi connectivity index (χ4n) is 4.40. The van der Waals surface area contributed by atoms with Crippen LogP contribution in [0, 0.1) is 41.5 Å². The SMILES string of the molecule is Cc1ccc(O)c(N(c2cccc(Oc3c(C)cc(O)cc3C)c2)c2c(O)ccc(C)c2C)c1C. The van der Waals surface area contributed by atoms with Gasteiger partial charge in [0.2, 0.25) is 0 Å². The minimum absolute atomic E-state index is 0.116. The molecule has 5 heteroatoms. The van der Waals surface area contributed by atoms with Gasteiger partial charge in [-0.15, -0.1) is 0 Å². The maximum Gasteiger partial charge on any atom is 0.139 e. The van der Waals surface area contributed by atoms with Crippen LogP contribution in [0.15, 0.2) is 60.7 Å². The van der Waals surface area contributed by atoms with Crippen molar-refractivity contribution in [3.05, 3.63) is 94.0 Å². The molecule has 0 unspecified atom stereocenters. The topological polar surface area (TPSA) is 73.2 Å². The molecule has 0 radical (unpaired) electrons. The van der Waals surface area contributed by atoms with Crippen LogP contribution in [0.25, 0.3) is 0 Å². The Bertz CT molecular complexity index is 1340. The normalized spacial score (nSPS) is 10.9. The number of anilines is 3. The van der Waals surface area contributed by atoms with Gasteiger partial charge in [-0.3, -0.25) is 0 Å². The van der Waals surface area contributed by atoms with Gasteiger partial charge in [0.25, 0.3) is 0 Å². The van der Waals surface area contributed by atoms with Crippen molar-refractivity contribution in [1.82, 2.24) is 0 Å². The third-order valence-corrected chi connectivity index (χ3v) is 6.55. The Kier molecular flexibility index (Phi) is 6.35. The van der Waals surface area contributed by atoms with Gasteiger partial charge in [0.1, 0.15) is 28.7 Å². The molecule has 0 aromatic heterocycles. The third-order valence-electron chi connectivity index (χ3n) is 6.55. The minimum atomic E-state index is 0.116. The Hall–Kier alpha value is -4.12. The second-order valence-corrected chi connectivity index (χ2v) is 9.09. The van der Waals surface area contributed by atoms with Crippen LogP contribution in [0.1, 0.15) is 33.4 Å². The number of phenolic OH excluding ortho intramolecular Hbond substituents is 3. The van der Waals surface area contributed by atoms with Gasteiger partial charge in [-0.1, -0.05) is 18.2 Å². The van der Waals surface area contributed by atoms with Crippen molar-refractivity contribution < 1.29 is 20.1 Å². The quantitative estimate of drug-likeness (QED) is 0.277. The molecule has 0 aliphatic carbocycles. The predicted molar refractivity (Wildman–Crippen MR) is 141 cm³/mol. The summed E-state index contributed by atoms with van der Waals surface area (Å²) in [7, 11) is 0. The van der Waals surface area contributed by atoms with E-state index in [9.17, 15) is 15.3 Å². The van der Waals surface area contributed by atoms with Crippen LogP contribution < -0.4 is 9.64 Å². The molecule has 0 saturated carbocycles. The molecule has 0 spiro atoms. The minimum Gasteiger partial charge on any atom is -0.508 e. The highest BCUT2D eigenvalue weighted by Gasteiger charge is 2.24. The smallest absolute Gasteiger partial charge is 0.139 e. The van der Waals surface area contributed by atoms with Crippen molar-refractivity contribution in [3.8, 4) is 28.7 Å². The van der Waals surface area contributed by atoms with Crippen LogP contribution in [0.5, 0.6) is 28.7 Å². The molecule has 5 nitrogen and oxygen atoms in total. The van der Waals surface area contributed by atoms with E-state index < -0.39 is 0 Å². The average molecular weight is 470 g/mol. The van der Waals surface area contributed by atoms with Crippen LogP contribution in [-0.2, 0) is 0 Å². The molecule has 180 valence electrons. The summed E-state index contributed by atoms with van der Waals surface area (Å²) in [6.07, 6.45) is 0. The fourth-order valence-corrected chi connectivity index (χ4v) is 4.40. The molecule has 0 heterocycles. The van der Waals surface area contributed by atoms with E-state index in [1.807, 2.05) is 82.8 Å². The van der Waals surface area contributed by atoms with E-state index in [0.717, 1.165) is 39.1 Å². The molecule has 35 heavy (non-hydrogen) atoms. The summed E-state index contributed by atoms with van der Waals surface area (Å²) in [5.41, 5.74) is 7.43. The lowest BCUT2D eigenvalue weighted by Gasteiger charge is -2.31. The van der Waals surface area contributed by atoms with Crippen LogP contribution >= 0.6 is 0 Å². The fraction of sp³-hybridized carbons (Fsp3) is 0.200. The average Bonchev–Trinajstić information content (AvgIpc) is 2.80. The molecule has 4 aromatic rings. The number of benzene rings is 4. The highest BCUT2D eigenvalue weighted by atomic mass is 16.5. The number of rotatable bonds is 5. The summed E-state index contributed by atoms with van der Waals surface area (Å²) < 4.78 is 6.26.